The minimum absolute atomic E-state index is 0.148. The fraction of sp³-hybridized carbons (Fsp3) is 0.381. The van der Waals surface area contributed by atoms with E-state index in [2.05, 4.69) is 5.32 Å². The second kappa shape index (κ2) is 11.7. The summed E-state index contributed by atoms with van der Waals surface area (Å²) in [7, 11) is -1.88. The van der Waals surface area contributed by atoms with Crippen LogP contribution in [0.2, 0.25) is 0 Å². The van der Waals surface area contributed by atoms with Gasteiger partial charge in [-0.1, -0.05) is 24.3 Å². The molecule has 0 atom stereocenters. The van der Waals surface area contributed by atoms with Gasteiger partial charge in [-0.2, -0.15) is 0 Å². The van der Waals surface area contributed by atoms with Gasteiger partial charge in [-0.05, 0) is 36.9 Å². The highest BCUT2D eigenvalue weighted by Crippen LogP contribution is 2.30. The number of amides is 1. The average molecular weight is 453 g/mol. The van der Waals surface area contributed by atoms with Crippen molar-refractivity contribution in [2.45, 2.75) is 17.7 Å². The fourth-order valence-corrected chi connectivity index (χ4v) is 4.50. The smallest absolute Gasteiger partial charge is 0.232 e. The van der Waals surface area contributed by atoms with Gasteiger partial charge in [0.2, 0.25) is 15.9 Å². The third-order valence-electron chi connectivity index (χ3n) is 4.27. The second-order valence-electron chi connectivity index (χ2n) is 6.46. The standard InChI is InChI=1S/C21H28N2O5S2/c1-27-18-10-5-6-11-19(18)28-16-14-22-21(24)13-8-15-23(30(3,25)26)17-9-4-7-12-20(17)29-2/h4-7,9-12H,8,13-16H2,1-3H3,(H,22,24). The highest BCUT2D eigenvalue weighted by molar-refractivity contribution is 7.99. The summed E-state index contributed by atoms with van der Waals surface area (Å²) >= 11 is 1.49. The van der Waals surface area contributed by atoms with E-state index in [-0.39, 0.29) is 18.9 Å². The van der Waals surface area contributed by atoms with Gasteiger partial charge in [-0.3, -0.25) is 9.10 Å². The second-order valence-corrected chi connectivity index (χ2v) is 9.21. The van der Waals surface area contributed by atoms with Crippen molar-refractivity contribution in [2.75, 3.05) is 43.6 Å². The zero-order valence-corrected chi connectivity index (χ0v) is 19.1. The number of carbonyl (C=O) groups excluding carboxylic acids is 1. The Morgan fingerprint density at radius 2 is 1.77 bits per heavy atom. The molecule has 0 saturated heterocycles. The van der Waals surface area contributed by atoms with Crippen LogP contribution < -0.4 is 19.1 Å². The first-order valence-electron chi connectivity index (χ1n) is 9.50. The van der Waals surface area contributed by atoms with Crippen molar-refractivity contribution in [3.05, 3.63) is 48.5 Å². The van der Waals surface area contributed by atoms with Crippen LogP contribution in [0.5, 0.6) is 11.5 Å². The van der Waals surface area contributed by atoms with Crippen molar-refractivity contribution >= 4 is 33.4 Å². The number of rotatable bonds is 12. The number of carbonyl (C=O) groups is 1. The normalized spacial score (nSPS) is 11.0. The molecule has 0 fully saturated rings. The topological polar surface area (TPSA) is 84.9 Å². The van der Waals surface area contributed by atoms with E-state index in [1.165, 1.54) is 22.3 Å². The first kappa shape index (κ1) is 23.9. The van der Waals surface area contributed by atoms with Crippen LogP contribution in [-0.4, -0.2) is 53.6 Å². The van der Waals surface area contributed by atoms with E-state index in [9.17, 15) is 13.2 Å². The molecule has 0 radical (unpaired) electrons. The lowest BCUT2D eigenvalue weighted by Crippen LogP contribution is -2.33. The van der Waals surface area contributed by atoms with Crippen molar-refractivity contribution in [3.63, 3.8) is 0 Å². The molecule has 1 amide bonds. The first-order valence-corrected chi connectivity index (χ1v) is 12.6. The van der Waals surface area contributed by atoms with Crippen LogP contribution in [0.3, 0.4) is 0 Å². The van der Waals surface area contributed by atoms with E-state index >= 15 is 0 Å². The van der Waals surface area contributed by atoms with Crippen molar-refractivity contribution in [2.24, 2.45) is 0 Å². The maximum atomic E-state index is 12.3. The minimum atomic E-state index is -3.45. The molecule has 0 spiro atoms. The number of anilines is 1. The number of methoxy groups -OCH3 is 1. The van der Waals surface area contributed by atoms with Crippen molar-refractivity contribution in [1.82, 2.24) is 5.32 Å². The van der Waals surface area contributed by atoms with Gasteiger partial charge in [-0.25, -0.2) is 8.42 Å². The van der Waals surface area contributed by atoms with Gasteiger partial charge in [-0.15, -0.1) is 11.8 Å². The van der Waals surface area contributed by atoms with E-state index < -0.39 is 10.0 Å². The summed E-state index contributed by atoms with van der Waals surface area (Å²) in [6.45, 7) is 0.895. The summed E-state index contributed by atoms with van der Waals surface area (Å²) in [6.07, 6.45) is 3.72. The molecule has 2 aromatic carbocycles. The molecule has 2 aromatic rings. The Labute approximate surface area is 182 Å². The zero-order chi connectivity index (χ0) is 22.0. The van der Waals surface area contributed by atoms with Crippen LogP contribution in [0, 0.1) is 0 Å². The van der Waals surface area contributed by atoms with E-state index in [1.54, 1.807) is 25.3 Å². The Morgan fingerprint density at radius 3 is 2.43 bits per heavy atom. The number of sulfonamides is 1. The number of nitrogens with one attached hydrogen (secondary N) is 1. The van der Waals surface area contributed by atoms with Crippen molar-refractivity contribution in [1.29, 1.82) is 0 Å². The van der Waals surface area contributed by atoms with Gasteiger partial charge in [0.05, 0.1) is 25.6 Å². The minimum Gasteiger partial charge on any atom is -0.493 e. The lowest BCUT2D eigenvalue weighted by Gasteiger charge is -2.24. The van der Waals surface area contributed by atoms with Crippen LogP contribution in [0.4, 0.5) is 5.69 Å². The van der Waals surface area contributed by atoms with E-state index in [0.29, 0.717) is 36.8 Å². The number of hydrogen-bond acceptors (Lipinski definition) is 6. The summed E-state index contributed by atoms with van der Waals surface area (Å²) in [4.78, 5) is 13.0. The Hall–Kier alpha value is -2.39. The molecule has 0 aliphatic heterocycles. The molecule has 0 aliphatic carbocycles. The van der Waals surface area contributed by atoms with E-state index in [0.717, 1.165) is 4.90 Å². The van der Waals surface area contributed by atoms with Gasteiger partial charge in [0.15, 0.2) is 11.5 Å². The summed E-state index contributed by atoms with van der Waals surface area (Å²) in [5, 5.41) is 2.79. The lowest BCUT2D eigenvalue weighted by atomic mass is 10.2. The molecule has 0 aliphatic rings. The molecule has 0 heterocycles. The predicted octanol–water partition coefficient (Wildman–Crippen LogP) is 3.16. The van der Waals surface area contributed by atoms with Crippen LogP contribution in [-0.2, 0) is 14.8 Å². The summed E-state index contributed by atoms with van der Waals surface area (Å²) in [6, 6.07) is 14.6. The molecule has 0 bridgehead atoms. The maximum Gasteiger partial charge on any atom is 0.232 e. The van der Waals surface area contributed by atoms with Crippen LogP contribution in [0.15, 0.2) is 53.4 Å². The molecule has 164 valence electrons. The van der Waals surface area contributed by atoms with Gasteiger partial charge in [0, 0.05) is 17.9 Å². The fourth-order valence-electron chi connectivity index (χ4n) is 2.86. The Kier molecular flexibility index (Phi) is 9.32. The van der Waals surface area contributed by atoms with Gasteiger partial charge in [0.25, 0.3) is 0 Å². The molecule has 30 heavy (non-hydrogen) atoms. The summed E-state index contributed by atoms with van der Waals surface area (Å²) in [5.74, 6) is 1.10. The number of hydrogen-bond donors (Lipinski definition) is 1. The molecule has 9 heteroatoms. The molecule has 0 unspecified atom stereocenters. The molecule has 2 rings (SSSR count). The molecular weight excluding hydrogens is 424 g/mol. The van der Waals surface area contributed by atoms with E-state index in [1.807, 2.05) is 36.6 Å². The van der Waals surface area contributed by atoms with Crippen LogP contribution >= 0.6 is 11.8 Å². The van der Waals surface area contributed by atoms with Crippen LogP contribution in [0.1, 0.15) is 12.8 Å². The number of nitrogens with zero attached hydrogens (tertiary/aromatic N) is 1. The molecule has 0 aromatic heterocycles. The summed E-state index contributed by atoms with van der Waals surface area (Å²) in [5.41, 5.74) is 0.637. The SMILES string of the molecule is COc1ccccc1OCCNC(=O)CCCN(c1ccccc1SC)S(C)(=O)=O. The molecule has 1 N–H and O–H groups in total. The maximum absolute atomic E-state index is 12.3. The average Bonchev–Trinajstić information content (AvgIpc) is 2.73. The molecule has 7 nitrogen and oxygen atoms in total. The number of thioether (sulfide) groups is 1. The van der Waals surface area contributed by atoms with Crippen LogP contribution in [0.25, 0.3) is 0 Å². The quantitative estimate of drug-likeness (QED) is 0.393. The lowest BCUT2D eigenvalue weighted by molar-refractivity contribution is -0.121. The largest absolute Gasteiger partial charge is 0.493 e. The zero-order valence-electron chi connectivity index (χ0n) is 17.5. The highest BCUT2D eigenvalue weighted by Gasteiger charge is 2.20. The van der Waals surface area contributed by atoms with Gasteiger partial charge < -0.3 is 14.8 Å². The summed E-state index contributed by atoms with van der Waals surface area (Å²) < 4.78 is 36.7. The van der Waals surface area contributed by atoms with Crippen molar-refractivity contribution < 1.29 is 22.7 Å². The van der Waals surface area contributed by atoms with Crippen molar-refractivity contribution in [3.8, 4) is 11.5 Å². The number of ether oxygens (including phenoxy) is 2. The monoisotopic (exact) mass is 452 g/mol. The Morgan fingerprint density at radius 1 is 1.10 bits per heavy atom. The number of benzene rings is 2. The van der Waals surface area contributed by atoms with Gasteiger partial charge in [0.1, 0.15) is 6.61 Å². The number of para-hydroxylation sites is 3. The van der Waals surface area contributed by atoms with E-state index in [4.69, 9.17) is 9.47 Å². The third-order valence-corrected chi connectivity index (χ3v) is 6.24. The predicted molar refractivity (Wildman–Crippen MR) is 121 cm³/mol. The molecule has 0 saturated carbocycles. The Bertz CT molecular complexity index is 934. The third kappa shape index (κ3) is 7.14. The molecular formula is C21H28N2O5S2. The highest BCUT2D eigenvalue weighted by atomic mass is 32.2. The van der Waals surface area contributed by atoms with Gasteiger partial charge >= 0.3 is 0 Å². The Balaban J connectivity index is 1.80. The first-order chi connectivity index (χ1) is 14.4.